The molecule has 3 rings (SSSR count). The Balaban J connectivity index is 1.84. The molecule has 0 radical (unpaired) electrons. The summed E-state index contributed by atoms with van der Waals surface area (Å²) in [5.41, 5.74) is 2.37. The molecule has 1 heterocycles. The summed E-state index contributed by atoms with van der Waals surface area (Å²) in [5.74, 6) is 0.0656. The van der Waals surface area contributed by atoms with Crippen LogP contribution in [0.4, 0.5) is 0 Å². The van der Waals surface area contributed by atoms with Crippen LogP contribution in [0.2, 0.25) is 0 Å². The monoisotopic (exact) mass is 304 g/mol. The number of hydrogen-bond acceptors (Lipinski definition) is 4. The normalized spacial score (nSPS) is 11.0. The van der Waals surface area contributed by atoms with Gasteiger partial charge in [-0.2, -0.15) is 0 Å². The van der Waals surface area contributed by atoms with Gasteiger partial charge in [-0.15, -0.1) is 0 Å². The van der Waals surface area contributed by atoms with Gasteiger partial charge < -0.3 is 9.94 Å². The number of aromatic hydroxyl groups is 1. The van der Waals surface area contributed by atoms with Crippen LogP contribution in [0.1, 0.15) is 22.9 Å². The summed E-state index contributed by atoms with van der Waals surface area (Å²) in [5, 5.41) is 13.7. The molecule has 23 heavy (non-hydrogen) atoms. The first-order valence-corrected chi connectivity index (χ1v) is 7.27. The van der Waals surface area contributed by atoms with Crippen LogP contribution in [0.15, 0.2) is 84.1 Å². The molecule has 0 aliphatic rings. The minimum Gasteiger partial charge on any atom is -0.506 e. The Hall–Kier alpha value is -3.14. The third-order valence-corrected chi connectivity index (χ3v) is 3.36. The molecule has 0 bridgehead atoms. The van der Waals surface area contributed by atoms with Gasteiger partial charge in [0.05, 0.1) is 6.21 Å². The highest BCUT2D eigenvalue weighted by molar-refractivity contribution is 5.79. The van der Waals surface area contributed by atoms with E-state index in [9.17, 15) is 5.11 Å². The maximum atomic E-state index is 9.70. The molecule has 0 amide bonds. The summed E-state index contributed by atoms with van der Waals surface area (Å²) in [7, 11) is 0. The lowest BCUT2D eigenvalue weighted by molar-refractivity contribution is 0.0887. The molecule has 1 N–H and O–H groups in total. The Kier molecular flexibility index (Phi) is 4.64. The van der Waals surface area contributed by atoms with Gasteiger partial charge in [0.15, 0.2) is 6.10 Å². The van der Waals surface area contributed by atoms with Gasteiger partial charge in [0, 0.05) is 6.20 Å². The number of rotatable bonds is 5. The van der Waals surface area contributed by atoms with E-state index in [0.29, 0.717) is 5.69 Å². The molecule has 3 aromatic rings. The van der Waals surface area contributed by atoms with Gasteiger partial charge >= 0.3 is 0 Å². The molecule has 0 spiro atoms. The minimum atomic E-state index is -0.320. The maximum Gasteiger partial charge on any atom is 0.177 e. The Labute approximate surface area is 134 Å². The lowest BCUT2D eigenvalue weighted by Crippen LogP contribution is -2.03. The van der Waals surface area contributed by atoms with E-state index in [0.717, 1.165) is 11.1 Å². The molecular formula is C19H16N2O2. The van der Waals surface area contributed by atoms with Crippen LogP contribution in [0, 0.1) is 0 Å². The Morgan fingerprint density at radius 3 is 2.04 bits per heavy atom. The molecule has 0 atom stereocenters. The van der Waals surface area contributed by atoms with Crippen molar-refractivity contribution in [2.24, 2.45) is 5.16 Å². The van der Waals surface area contributed by atoms with Crippen molar-refractivity contribution in [3.8, 4) is 5.75 Å². The summed E-state index contributed by atoms with van der Waals surface area (Å²) in [6.45, 7) is 0. The third kappa shape index (κ3) is 3.74. The summed E-state index contributed by atoms with van der Waals surface area (Å²) >= 11 is 0. The van der Waals surface area contributed by atoms with Crippen molar-refractivity contribution in [3.05, 3.63) is 95.8 Å². The highest BCUT2D eigenvalue weighted by atomic mass is 16.6. The molecule has 1 aromatic heterocycles. The second-order valence-corrected chi connectivity index (χ2v) is 4.95. The maximum absolute atomic E-state index is 9.70. The molecule has 0 aliphatic carbocycles. The van der Waals surface area contributed by atoms with Crippen LogP contribution in [0.5, 0.6) is 5.75 Å². The van der Waals surface area contributed by atoms with Gasteiger partial charge in [0.1, 0.15) is 11.4 Å². The van der Waals surface area contributed by atoms with Gasteiger partial charge in [-0.25, -0.2) is 0 Å². The zero-order valence-electron chi connectivity index (χ0n) is 12.4. The van der Waals surface area contributed by atoms with E-state index in [1.165, 1.54) is 6.21 Å². The van der Waals surface area contributed by atoms with Crippen LogP contribution in [-0.2, 0) is 4.84 Å². The zero-order valence-corrected chi connectivity index (χ0v) is 12.4. The molecule has 114 valence electrons. The quantitative estimate of drug-likeness (QED) is 0.574. The summed E-state index contributed by atoms with van der Waals surface area (Å²) < 4.78 is 0. The minimum absolute atomic E-state index is 0.0656. The molecular weight excluding hydrogens is 288 g/mol. The fourth-order valence-corrected chi connectivity index (χ4v) is 2.22. The Morgan fingerprint density at radius 2 is 1.48 bits per heavy atom. The summed E-state index contributed by atoms with van der Waals surface area (Å²) in [6.07, 6.45) is 2.68. The third-order valence-electron chi connectivity index (χ3n) is 3.36. The number of hydrogen-bond donors (Lipinski definition) is 1. The number of pyridine rings is 1. The standard InChI is InChI=1S/C19H16N2O2/c22-18-12-7-13-20-17(18)14-21-23-19(15-8-3-1-4-9-15)16-10-5-2-6-11-16/h1-14,19,22H. The lowest BCUT2D eigenvalue weighted by atomic mass is 10.0. The first kappa shape index (κ1) is 14.8. The summed E-state index contributed by atoms with van der Waals surface area (Å²) in [6, 6.07) is 22.9. The van der Waals surface area contributed by atoms with Crippen LogP contribution in [0.3, 0.4) is 0 Å². The second-order valence-electron chi connectivity index (χ2n) is 4.95. The molecule has 4 heteroatoms. The van der Waals surface area contributed by atoms with Gasteiger partial charge in [-0.1, -0.05) is 65.8 Å². The smallest absolute Gasteiger partial charge is 0.177 e. The first-order valence-electron chi connectivity index (χ1n) is 7.27. The molecule has 2 aromatic carbocycles. The van der Waals surface area contributed by atoms with Gasteiger partial charge in [0.25, 0.3) is 0 Å². The molecule has 0 aliphatic heterocycles. The largest absolute Gasteiger partial charge is 0.506 e. The second kappa shape index (κ2) is 7.22. The van der Waals surface area contributed by atoms with Gasteiger partial charge in [-0.05, 0) is 23.3 Å². The number of oxime groups is 1. The van der Waals surface area contributed by atoms with Crippen molar-refractivity contribution < 1.29 is 9.94 Å². The number of nitrogens with zero attached hydrogens (tertiary/aromatic N) is 2. The van der Waals surface area contributed by atoms with Crippen molar-refractivity contribution in [1.29, 1.82) is 0 Å². The van der Waals surface area contributed by atoms with Crippen LogP contribution in [0.25, 0.3) is 0 Å². The van der Waals surface area contributed by atoms with E-state index in [1.54, 1.807) is 18.3 Å². The average Bonchev–Trinajstić information content (AvgIpc) is 2.62. The van der Waals surface area contributed by atoms with E-state index in [2.05, 4.69) is 10.1 Å². The summed E-state index contributed by atoms with van der Waals surface area (Å²) in [4.78, 5) is 9.73. The fourth-order valence-electron chi connectivity index (χ4n) is 2.22. The fraction of sp³-hybridized carbons (Fsp3) is 0.0526. The van der Waals surface area contributed by atoms with Crippen molar-refractivity contribution in [2.45, 2.75) is 6.10 Å². The number of benzene rings is 2. The first-order chi connectivity index (χ1) is 11.3. The van der Waals surface area contributed by atoms with E-state index >= 15 is 0 Å². The van der Waals surface area contributed by atoms with E-state index in [-0.39, 0.29) is 11.9 Å². The van der Waals surface area contributed by atoms with Crippen molar-refractivity contribution in [1.82, 2.24) is 4.98 Å². The molecule has 0 unspecified atom stereocenters. The van der Waals surface area contributed by atoms with Gasteiger partial charge in [-0.3, -0.25) is 4.98 Å². The molecule has 0 fully saturated rings. The topological polar surface area (TPSA) is 54.7 Å². The SMILES string of the molecule is Oc1cccnc1C=NOC(c1ccccc1)c1ccccc1. The predicted molar refractivity (Wildman–Crippen MR) is 89.3 cm³/mol. The van der Waals surface area contributed by atoms with Crippen molar-refractivity contribution in [2.75, 3.05) is 0 Å². The Bertz CT molecular complexity index is 734. The lowest BCUT2D eigenvalue weighted by Gasteiger charge is -2.15. The van der Waals surface area contributed by atoms with Crippen LogP contribution in [-0.4, -0.2) is 16.3 Å². The molecule has 0 saturated carbocycles. The average molecular weight is 304 g/mol. The highest BCUT2D eigenvalue weighted by Crippen LogP contribution is 2.26. The van der Waals surface area contributed by atoms with Crippen LogP contribution >= 0.6 is 0 Å². The van der Waals surface area contributed by atoms with E-state index < -0.39 is 0 Å². The highest BCUT2D eigenvalue weighted by Gasteiger charge is 2.14. The van der Waals surface area contributed by atoms with Crippen molar-refractivity contribution >= 4 is 6.21 Å². The number of aromatic nitrogens is 1. The molecule has 0 saturated heterocycles. The van der Waals surface area contributed by atoms with Crippen molar-refractivity contribution in [3.63, 3.8) is 0 Å². The van der Waals surface area contributed by atoms with E-state index in [4.69, 9.17) is 4.84 Å². The van der Waals surface area contributed by atoms with Gasteiger partial charge in [0.2, 0.25) is 0 Å². The molecule has 4 nitrogen and oxygen atoms in total. The Morgan fingerprint density at radius 1 is 0.870 bits per heavy atom. The predicted octanol–water partition coefficient (Wildman–Crippen LogP) is 3.93. The van der Waals surface area contributed by atoms with Crippen LogP contribution < -0.4 is 0 Å². The zero-order chi connectivity index (χ0) is 15.9. The van der Waals surface area contributed by atoms with E-state index in [1.807, 2.05) is 60.7 Å².